The topological polar surface area (TPSA) is 87.6 Å². The molecule has 1 aromatic heterocycles. The number of β-amino-alcohol motifs (C(OH)–C–C–N with tert-alkyl or cyclic N) is 1. The van der Waals surface area contributed by atoms with E-state index < -0.39 is 6.10 Å². The van der Waals surface area contributed by atoms with Crippen LogP contribution in [0, 0.1) is 0 Å². The Kier molecular flexibility index (Phi) is 6.69. The molecule has 8 heteroatoms. The molecule has 1 atom stereocenters. The normalized spacial score (nSPS) is 12.7. The van der Waals surface area contributed by atoms with Gasteiger partial charge in [0.15, 0.2) is 5.69 Å². The minimum absolute atomic E-state index is 0.0601. The fraction of sp³-hybridized carbons (Fsp3) is 0.500. The van der Waals surface area contributed by atoms with Crippen LogP contribution in [0.1, 0.15) is 31.3 Å². The molecule has 0 aliphatic rings. The molecule has 0 fully saturated rings. The summed E-state index contributed by atoms with van der Waals surface area (Å²) in [5, 5.41) is 17.2. The number of carbonyl (C=O) groups is 1. The molecule has 2 rings (SSSR count). The highest BCUT2D eigenvalue weighted by atomic mass is 32.1. The van der Waals surface area contributed by atoms with Crippen LogP contribution in [-0.2, 0) is 0 Å². The van der Waals surface area contributed by atoms with Gasteiger partial charge in [-0.3, -0.25) is 4.79 Å². The third-order valence-electron chi connectivity index (χ3n) is 3.50. The van der Waals surface area contributed by atoms with E-state index in [2.05, 4.69) is 14.9 Å². The number of carbonyl (C=O) groups excluding carboxylic acids is 1. The van der Waals surface area contributed by atoms with E-state index in [-0.39, 0.29) is 18.1 Å². The van der Waals surface area contributed by atoms with Crippen molar-refractivity contribution in [2.45, 2.75) is 32.4 Å². The molecule has 0 bridgehead atoms. The average Bonchev–Trinajstić information content (AvgIpc) is 3.06. The molecule has 0 saturated carbocycles. The van der Waals surface area contributed by atoms with Gasteiger partial charge in [-0.15, -0.1) is 5.10 Å². The largest absolute Gasteiger partial charge is 0.491 e. The van der Waals surface area contributed by atoms with Gasteiger partial charge < -0.3 is 20.1 Å². The lowest BCUT2D eigenvalue weighted by Gasteiger charge is -2.23. The van der Waals surface area contributed by atoms with Gasteiger partial charge in [0.1, 0.15) is 18.5 Å². The molecule has 1 amide bonds. The van der Waals surface area contributed by atoms with Crippen molar-refractivity contribution >= 4 is 17.4 Å². The molecule has 1 heterocycles. The number of aliphatic hydroxyl groups is 1. The fourth-order valence-electron chi connectivity index (χ4n) is 2.13. The summed E-state index contributed by atoms with van der Waals surface area (Å²) in [6.07, 6.45) is -0.617. The number of nitrogens with one attached hydrogen (secondary N) is 1. The van der Waals surface area contributed by atoms with Crippen molar-refractivity contribution < 1.29 is 14.6 Å². The Balaban J connectivity index is 2.05. The first kappa shape index (κ1) is 20.3. The van der Waals surface area contributed by atoms with E-state index in [0.29, 0.717) is 22.9 Å². The lowest BCUT2D eigenvalue weighted by Crippen LogP contribution is -2.42. The average molecular weight is 378 g/mol. The molecule has 0 aliphatic heterocycles. The second-order valence-corrected chi connectivity index (χ2v) is 8.03. The number of hydrogen-bond acceptors (Lipinski definition) is 7. The highest BCUT2D eigenvalue weighted by Crippen LogP contribution is 2.29. The maximum absolute atomic E-state index is 12.2. The smallest absolute Gasteiger partial charge is 0.275 e. The first-order chi connectivity index (χ1) is 12.2. The van der Waals surface area contributed by atoms with Crippen LogP contribution >= 0.6 is 11.5 Å². The molecule has 0 radical (unpaired) electrons. The Morgan fingerprint density at radius 3 is 2.77 bits per heavy atom. The monoisotopic (exact) mass is 378 g/mol. The van der Waals surface area contributed by atoms with Gasteiger partial charge in [0, 0.05) is 26.2 Å². The third kappa shape index (κ3) is 5.76. The SMILES string of the molecule is CN(C)C(=O)c1nnsc1-c1cccc(OCC(O)CNC(C)(C)C)c1. The predicted molar refractivity (Wildman–Crippen MR) is 103 cm³/mol. The van der Waals surface area contributed by atoms with Crippen LogP contribution in [0.2, 0.25) is 0 Å². The van der Waals surface area contributed by atoms with Crippen molar-refractivity contribution in [3.8, 4) is 16.2 Å². The van der Waals surface area contributed by atoms with Gasteiger partial charge in [-0.1, -0.05) is 16.6 Å². The number of aliphatic hydroxyl groups excluding tert-OH is 1. The van der Waals surface area contributed by atoms with E-state index in [4.69, 9.17) is 4.74 Å². The Bertz CT molecular complexity index is 740. The third-order valence-corrected chi connectivity index (χ3v) is 4.28. The van der Waals surface area contributed by atoms with E-state index in [1.807, 2.05) is 45.0 Å². The van der Waals surface area contributed by atoms with Crippen LogP contribution in [0.4, 0.5) is 0 Å². The molecule has 7 nitrogen and oxygen atoms in total. The number of aromatic nitrogens is 2. The lowest BCUT2D eigenvalue weighted by atomic mass is 10.1. The van der Waals surface area contributed by atoms with Crippen LogP contribution < -0.4 is 10.1 Å². The maximum atomic E-state index is 12.2. The highest BCUT2D eigenvalue weighted by molar-refractivity contribution is 7.09. The van der Waals surface area contributed by atoms with Crippen molar-refractivity contribution in [3.63, 3.8) is 0 Å². The maximum Gasteiger partial charge on any atom is 0.275 e. The number of hydrogen-bond donors (Lipinski definition) is 2. The summed E-state index contributed by atoms with van der Waals surface area (Å²) in [5.74, 6) is 0.428. The van der Waals surface area contributed by atoms with Crippen molar-refractivity contribution in [2.75, 3.05) is 27.2 Å². The molecule has 26 heavy (non-hydrogen) atoms. The second-order valence-electron chi connectivity index (χ2n) is 7.27. The summed E-state index contributed by atoms with van der Waals surface area (Å²) < 4.78 is 9.61. The molecule has 1 unspecified atom stereocenters. The summed E-state index contributed by atoms with van der Waals surface area (Å²) in [6.45, 7) is 6.75. The van der Waals surface area contributed by atoms with Crippen LogP contribution in [0.15, 0.2) is 24.3 Å². The van der Waals surface area contributed by atoms with Crippen LogP contribution in [-0.4, -0.2) is 64.4 Å². The van der Waals surface area contributed by atoms with Crippen LogP contribution in [0.3, 0.4) is 0 Å². The number of ether oxygens (including phenoxy) is 1. The quantitative estimate of drug-likeness (QED) is 0.767. The second kappa shape index (κ2) is 8.57. The first-order valence-electron chi connectivity index (χ1n) is 8.37. The van der Waals surface area contributed by atoms with Gasteiger partial charge in [0.05, 0.1) is 4.88 Å². The summed E-state index contributed by atoms with van der Waals surface area (Å²) in [7, 11) is 3.36. The molecular weight excluding hydrogens is 352 g/mol. The van der Waals surface area contributed by atoms with E-state index in [0.717, 1.165) is 5.56 Å². The summed E-state index contributed by atoms with van der Waals surface area (Å²) in [5.41, 5.74) is 1.08. The minimum Gasteiger partial charge on any atom is -0.491 e. The zero-order valence-electron chi connectivity index (χ0n) is 15.8. The van der Waals surface area contributed by atoms with E-state index in [9.17, 15) is 9.90 Å². The number of nitrogens with zero attached hydrogens (tertiary/aromatic N) is 3. The van der Waals surface area contributed by atoms with E-state index >= 15 is 0 Å². The summed E-state index contributed by atoms with van der Waals surface area (Å²) >= 11 is 1.17. The van der Waals surface area contributed by atoms with Gasteiger partial charge in [0.25, 0.3) is 5.91 Å². The van der Waals surface area contributed by atoms with Crippen LogP contribution in [0.25, 0.3) is 10.4 Å². The zero-order valence-corrected chi connectivity index (χ0v) is 16.6. The molecule has 2 N–H and O–H groups in total. The Morgan fingerprint density at radius 1 is 1.38 bits per heavy atom. The van der Waals surface area contributed by atoms with E-state index in [1.165, 1.54) is 16.4 Å². The van der Waals surface area contributed by atoms with Crippen LogP contribution in [0.5, 0.6) is 5.75 Å². The van der Waals surface area contributed by atoms with Gasteiger partial charge >= 0.3 is 0 Å². The minimum atomic E-state index is -0.617. The molecule has 0 saturated heterocycles. The molecule has 0 spiro atoms. The van der Waals surface area contributed by atoms with Crippen molar-refractivity contribution in [3.05, 3.63) is 30.0 Å². The van der Waals surface area contributed by atoms with Gasteiger partial charge in [0.2, 0.25) is 0 Å². The Labute approximate surface area is 158 Å². The van der Waals surface area contributed by atoms with Crippen molar-refractivity contribution in [1.29, 1.82) is 0 Å². The van der Waals surface area contributed by atoms with Crippen molar-refractivity contribution in [1.82, 2.24) is 19.8 Å². The summed E-state index contributed by atoms with van der Waals surface area (Å²) in [6, 6.07) is 7.36. The number of benzene rings is 1. The predicted octanol–water partition coefficient (Wildman–Crippen LogP) is 2.03. The Hall–Kier alpha value is -2.03. The van der Waals surface area contributed by atoms with Gasteiger partial charge in [-0.25, -0.2) is 0 Å². The number of amides is 1. The number of rotatable bonds is 7. The zero-order chi connectivity index (χ0) is 19.3. The first-order valence-corrected chi connectivity index (χ1v) is 9.15. The fourth-order valence-corrected chi connectivity index (χ4v) is 2.79. The molecular formula is C18H26N4O3S. The summed E-state index contributed by atoms with van der Waals surface area (Å²) in [4.78, 5) is 14.4. The van der Waals surface area contributed by atoms with Crippen molar-refractivity contribution in [2.24, 2.45) is 0 Å². The lowest BCUT2D eigenvalue weighted by molar-refractivity contribution is 0.0822. The molecule has 0 aliphatic carbocycles. The molecule has 2 aromatic rings. The Morgan fingerprint density at radius 2 is 2.12 bits per heavy atom. The standard InChI is InChI=1S/C18H26N4O3S/c1-18(2,3)19-10-13(23)11-25-14-8-6-7-12(9-14)16-15(20-21-26-16)17(24)22(4)5/h6-9,13,19,23H,10-11H2,1-5H3. The molecule has 1 aromatic carbocycles. The molecule has 142 valence electrons. The van der Waals surface area contributed by atoms with Gasteiger partial charge in [-0.05, 0) is 50.0 Å². The van der Waals surface area contributed by atoms with Gasteiger partial charge in [-0.2, -0.15) is 0 Å². The highest BCUT2D eigenvalue weighted by Gasteiger charge is 2.20. The van der Waals surface area contributed by atoms with E-state index in [1.54, 1.807) is 14.1 Å².